The zero-order valence-electron chi connectivity index (χ0n) is 13.9. The molecule has 2 heterocycles. The Morgan fingerprint density at radius 3 is 2.77 bits per heavy atom. The number of guanidine groups is 1. The molecule has 0 bridgehead atoms. The largest absolute Gasteiger partial charge is 0.381 e. The molecule has 0 spiro atoms. The molecule has 5 nitrogen and oxygen atoms in total. The van der Waals surface area contributed by atoms with Crippen LogP contribution in [0.25, 0.3) is 0 Å². The molecule has 2 aliphatic heterocycles. The SMILES string of the molecule is CCNC(=NCC1CCOC1)NC1C2CCOC2C1(C)C.I. The molecule has 3 fully saturated rings. The van der Waals surface area contributed by atoms with Crippen molar-refractivity contribution >= 4 is 29.9 Å². The van der Waals surface area contributed by atoms with Crippen molar-refractivity contribution in [2.75, 3.05) is 32.9 Å². The number of halogens is 1. The van der Waals surface area contributed by atoms with Crippen molar-refractivity contribution < 1.29 is 9.47 Å². The van der Waals surface area contributed by atoms with Gasteiger partial charge in [0.05, 0.1) is 12.7 Å². The van der Waals surface area contributed by atoms with Crippen LogP contribution >= 0.6 is 24.0 Å². The van der Waals surface area contributed by atoms with Crippen molar-refractivity contribution in [1.82, 2.24) is 10.6 Å². The van der Waals surface area contributed by atoms with Gasteiger partial charge in [0.25, 0.3) is 0 Å². The van der Waals surface area contributed by atoms with Gasteiger partial charge in [-0.15, -0.1) is 24.0 Å². The normalized spacial score (nSPS) is 36.2. The molecule has 128 valence electrons. The maximum Gasteiger partial charge on any atom is 0.191 e. The van der Waals surface area contributed by atoms with Gasteiger partial charge < -0.3 is 20.1 Å². The van der Waals surface area contributed by atoms with Crippen LogP contribution in [0.15, 0.2) is 4.99 Å². The van der Waals surface area contributed by atoms with Crippen molar-refractivity contribution in [2.24, 2.45) is 22.2 Å². The lowest BCUT2D eigenvalue weighted by atomic mass is 9.57. The summed E-state index contributed by atoms with van der Waals surface area (Å²) >= 11 is 0. The summed E-state index contributed by atoms with van der Waals surface area (Å²) in [6, 6.07) is 0.461. The minimum atomic E-state index is 0. The van der Waals surface area contributed by atoms with Crippen LogP contribution in [0.4, 0.5) is 0 Å². The first kappa shape index (κ1) is 18.3. The molecule has 3 aliphatic rings. The van der Waals surface area contributed by atoms with E-state index in [0.29, 0.717) is 24.0 Å². The number of nitrogens with one attached hydrogen (secondary N) is 2. The van der Waals surface area contributed by atoms with Gasteiger partial charge in [0.15, 0.2) is 5.96 Å². The van der Waals surface area contributed by atoms with Crippen LogP contribution in [-0.2, 0) is 9.47 Å². The van der Waals surface area contributed by atoms with Crippen LogP contribution in [-0.4, -0.2) is 51.0 Å². The molecule has 0 radical (unpaired) electrons. The molecule has 4 unspecified atom stereocenters. The number of nitrogens with zero attached hydrogens (tertiary/aromatic N) is 1. The first-order valence-corrected chi connectivity index (χ1v) is 8.37. The summed E-state index contributed by atoms with van der Waals surface area (Å²) in [6.45, 7) is 11.1. The van der Waals surface area contributed by atoms with Crippen molar-refractivity contribution in [3.05, 3.63) is 0 Å². The van der Waals surface area contributed by atoms with Crippen LogP contribution in [0.5, 0.6) is 0 Å². The van der Waals surface area contributed by atoms with E-state index in [1.165, 1.54) is 6.42 Å². The summed E-state index contributed by atoms with van der Waals surface area (Å²) in [6.07, 6.45) is 2.72. The predicted octanol–water partition coefficient (Wildman–Crippen LogP) is 2.01. The van der Waals surface area contributed by atoms with Gasteiger partial charge in [0.2, 0.25) is 0 Å². The van der Waals surface area contributed by atoms with Crippen molar-refractivity contribution in [2.45, 2.75) is 45.8 Å². The topological polar surface area (TPSA) is 54.9 Å². The fourth-order valence-electron chi connectivity index (χ4n) is 4.03. The van der Waals surface area contributed by atoms with E-state index >= 15 is 0 Å². The first-order chi connectivity index (χ1) is 10.1. The lowest BCUT2D eigenvalue weighted by Gasteiger charge is -2.54. The summed E-state index contributed by atoms with van der Waals surface area (Å²) in [5.41, 5.74) is 0.188. The monoisotopic (exact) mass is 423 g/mol. The minimum absolute atomic E-state index is 0. The number of hydrogen-bond acceptors (Lipinski definition) is 3. The minimum Gasteiger partial charge on any atom is -0.381 e. The molecule has 0 amide bonds. The van der Waals surface area contributed by atoms with E-state index in [2.05, 4.69) is 31.4 Å². The highest BCUT2D eigenvalue weighted by atomic mass is 127. The average molecular weight is 423 g/mol. The van der Waals surface area contributed by atoms with E-state index in [1.807, 2.05) is 0 Å². The van der Waals surface area contributed by atoms with Gasteiger partial charge in [-0.1, -0.05) is 13.8 Å². The number of ether oxygens (including phenoxy) is 2. The zero-order valence-corrected chi connectivity index (χ0v) is 16.3. The van der Waals surface area contributed by atoms with Crippen LogP contribution in [0.1, 0.15) is 33.6 Å². The molecule has 0 aromatic heterocycles. The highest BCUT2D eigenvalue weighted by Crippen LogP contribution is 2.52. The first-order valence-electron chi connectivity index (χ1n) is 8.37. The number of rotatable bonds is 4. The Hall–Kier alpha value is -0.0800. The third-order valence-electron chi connectivity index (χ3n) is 5.27. The maximum atomic E-state index is 5.86. The lowest BCUT2D eigenvalue weighted by Crippen LogP contribution is -2.68. The molecule has 2 saturated heterocycles. The molecule has 22 heavy (non-hydrogen) atoms. The molecule has 0 aromatic rings. The second-order valence-corrected chi connectivity index (χ2v) is 7.14. The molecule has 3 rings (SSSR count). The third-order valence-corrected chi connectivity index (χ3v) is 5.27. The zero-order chi connectivity index (χ0) is 14.9. The molecule has 6 heteroatoms. The van der Waals surface area contributed by atoms with Gasteiger partial charge in [0, 0.05) is 49.6 Å². The van der Waals surface area contributed by atoms with E-state index in [0.717, 1.165) is 45.3 Å². The summed E-state index contributed by atoms with van der Waals surface area (Å²) in [7, 11) is 0. The third kappa shape index (κ3) is 3.53. The van der Waals surface area contributed by atoms with Crippen LogP contribution in [0.2, 0.25) is 0 Å². The van der Waals surface area contributed by atoms with Gasteiger partial charge in [-0.25, -0.2) is 0 Å². The summed E-state index contributed by atoms with van der Waals surface area (Å²) in [5, 5.41) is 7.04. The lowest BCUT2D eigenvalue weighted by molar-refractivity contribution is -0.106. The second kappa shape index (κ2) is 7.66. The van der Waals surface area contributed by atoms with Gasteiger partial charge in [-0.2, -0.15) is 0 Å². The smallest absolute Gasteiger partial charge is 0.191 e. The standard InChI is InChI=1S/C16H29N3O2.HI/c1-4-17-15(18-9-11-5-7-20-10-11)19-13-12-6-8-21-14(12)16(13,2)3;/h11-14H,4-10H2,1-3H3,(H2,17,18,19);1H. The highest BCUT2D eigenvalue weighted by molar-refractivity contribution is 14.0. The van der Waals surface area contributed by atoms with E-state index in [1.54, 1.807) is 0 Å². The Kier molecular flexibility index (Phi) is 6.36. The summed E-state index contributed by atoms with van der Waals surface area (Å²) < 4.78 is 11.3. The molecule has 0 aromatic carbocycles. The van der Waals surface area contributed by atoms with Crippen molar-refractivity contribution in [1.29, 1.82) is 0 Å². The number of hydrogen-bond donors (Lipinski definition) is 2. The fraction of sp³-hybridized carbons (Fsp3) is 0.938. The summed E-state index contributed by atoms with van der Waals surface area (Å²) in [4.78, 5) is 4.77. The molecule has 1 aliphatic carbocycles. The van der Waals surface area contributed by atoms with E-state index < -0.39 is 0 Å². The average Bonchev–Trinajstić information content (AvgIpc) is 3.11. The van der Waals surface area contributed by atoms with E-state index in [9.17, 15) is 0 Å². The molecular weight excluding hydrogens is 393 g/mol. The molecule has 1 saturated carbocycles. The second-order valence-electron chi connectivity index (χ2n) is 7.14. The Labute approximate surface area is 151 Å². The van der Waals surface area contributed by atoms with Crippen LogP contribution in [0, 0.1) is 17.3 Å². The van der Waals surface area contributed by atoms with Crippen molar-refractivity contribution in [3.63, 3.8) is 0 Å². The van der Waals surface area contributed by atoms with E-state index in [4.69, 9.17) is 14.5 Å². The molecular formula is C16H30IN3O2. The number of fused-ring (bicyclic) bond motifs is 1. The quantitative estimate of drug-likeness (QED) is 0.413. The van der Waals surface area contributed by atoms with Crippen molar-refractivity contribution in [3.8, 4) is 0 Å². The van der Waals surface area contributed by atoms with Crippen LogP contribution in [0.3, 0.4) is 0 Å². The Morgan fingerprint density at radius 1 is 1.27 bits per heavy atom. The fourth-order valence-corrected chi connectivity index (χ4v) is 4.03. The molecule has 2 N–H and O–H groups in total. The van der Waals surface area contributed by atoms with Gasteiger partial charge in [-0.3, -0.25) is 4.99 Å². The predicted molar refractivity (Wildman–Crippen MR) is 98.9 cm³/mol. The van der Waals surface area contributed by atoms with E-state index in [-0.39, 0.29) is 29.4 Å². The Morgan fingerprint density at radius 2 is 2.09 bits per heavy atom. The Bertz CT molecular complexity index is 397. The number of aliphatic imine (C=N–C) groups is 1. The van der Waals surface area contributed by atoms with Gasteiger partial charge in [-0.05, 0) is 19.8 Å². The van der Waals surface area contributed by atoms with Crippen LogP contribution < -0.4 is 10.6 Å². The Balaban J connectivity index is 0.00000176. The highest BCUT2D eigenvalue weighted by Gasteiger charge is 2.59. The maximum absolute atomic E-state index is 5.86. The van der Waals surface area contributed by atoms with Gasteiger partial charge >= 0.3 is 0 Å². The summed E-state index contributed by atoms with van der Waals surface area (Å²) in [5.74, 6) is 2.17. The van der Waals surface area contributed by atoms with Gasteiger partial charge in [0.1, 0.15) is 0 Å². The molecule has 4 atom stereocenters.